The molecule has 28 heavy (non-hydrogen) atoms. The van der Waals surface area contributed by atoms with E-state index in [9.17, 15) is 19.1 Å². The summed E-state index contributed by atoms with van der Waals surface area (Å²) in [5.41, 5.74) is 2.62. The Balaban J connectivity index is 2.26. The molecule has 0 spiro atoms. The van der Waals surface area contributed by atoms with E-state index in [-0.39, 0.29) is 28.9 Å². The Labute approximate surface area is 161 Å². The Morgan fingerprint density at radius 3 is 2.57 bits per heavy atom. The van der Waals surface area contributed by atoms with Crippen LogP contribution in [0, 0.1) is 0 Å². The van der Waals surface area contributed by atoms with E-state index in [0.29, 0.717) is 16.9 Å². The van der Waals surface area contributed by atoms with Crippen LogP contribution in [0.2, 0.25) is 0 Å². The summed E-state index contributed by atoms with van der Waals surface area (Å²) in [5.74, 6) is -1.98. The molecule has 2 aromatic rings. The first-order valence-electron chi connectivity index (χ1n) is 8.31. The van der Waals surface area contributed by atoms with Crippen molar-refractivity contribution >= 4 is 17.5 Å². The molecule has 0 aromatic heterocycles. The van der Waals surface area contributed by atoms with Crippen LogP contribution >= 0.6 is 0 Å². The number of carboxylic acid groups (broad SMARTS) is 1. The number of esters is 1. The van der Waals surface area contributed by atoms with Crippen molar-refractivity contribution in [2.24, 2.45) is 0 Å². The van der Waals surface area contributed by atoms with Gasteiger partial charge < -0.3 is 14.6 Å². The molecule has 0 amide bonds. The molecule has 0 saturated heterocycles. The molecule has 0 atom stereocenters. The van der Waals surface area contributed by atoms with Gasteiger partial charge in [-0.1, -0.05) is 31.4 Å². The topological polar surface area (TPSA) is 72.8 Å². The predicted octanol–water partition coefficient (Wildman–Crippen LogP) is 4.78. The number of ether oxygens (including phenoxy) is 2. The number of benzene rings is 2. The van der Waals surface area contributed by atoms with Crippen molar-refractivity contribution in [3.05, 3.63) is 83.7 Å². The molecule has 2 aromatic carbocycles. The lowest BCUT2D eigenvalue weighted by Gasteiger charge is -2.23. The Morgan fingerprint density at radius 1 is 1.21 bits per heavy atom. The molecule has 5 nitrogen and oxygen atoms in total. The minimum atomic E-state index is -1.04. The van der Waals surface area contributed by atoms with E-state index in [0.717, 1.165) is 5.56 Å². The summed E-state index contributed by atoms with van der Waals surface area (Å²) in [6.07, 6.45) is 2.80. The van der Waals surface area contributed by atoms with Crippen LogP contribution in [0.3, 0.4) is 0 Å². The third-order valence-electron chi connectivity index (χ3n) is 4.42. The van der Waals surface area contributed by atoms with Gasteiger partial charge >= 0.3 is 11.9 Å². The average Bonchev–Trinajstić information content (AvgIpc) is 2.69. The van der Waals surface area contributed by atoms with Crippen LogP contribution in [0.4, 0.5) is 4.39 Å². The zero-order valence-electron chi connectivity index (χ0n) is 15.1. The maximum atomic E-state index is 14.0. The Bertz CT molecular complexity index is 1050. The molecule has 0 unspecified atom stereocenters. The number of carbonyl (C=O) groups excluding carboxylic acids is 1. The van der Waals surface area contributed by atoms with Crippen LogP contribution in [-0.4, -0.2) is 24.2 Å². The number of hydrogen-bond donors (Lipinski definition) is 1. The van der Waals surface area contributed by atoms with Crippen molar-refractivity contribution in [2.45, 2.75) is 6.61 Å². The smallest absolute Gasteiger partial charge is 0.338 e. The van der Waals surface area contributed by atoms with Gasteiger partial charge in [0.05, 0.1) is 18.2 Å². The summed E-state index contributed by atoms with van der Waals surface area (Å²) in [7, 11) is 1.23. The van der Waals surface area contributed by atoms with Crippen LogP contribution < -0.4 is 4.74 Å². The summed E-state index contributed by atoms with van der Waals surface area (Å²) in [4.78, 5) is 23.6. The van der Waals surface area contributed by atoms with Gasteiger partial charge in [-0.3, -0.25) is 0 Å². The number of carbonyl (C=O) groups is 2. The second kappa shape index (κ2) is 7.52. The molecule has 0 aliphatic carbocycles. The molecule has 0 fully saturated rings. The Kier molecular flexibility index (Phi) is 5.13. The predicted molar refractivity (Wildman–Crippen MR) is 103 cm³/mol. The third kappa shape index (κ3) is 3.32. The summed E-state index contributed by atoms with van der Waals surface area (Å²) in [6.45, 7) is 7.03. The summed E-state index contributed by atoms with van der Waals surface area (Å²) >= 11 is 0. The molecule has 0 saturated carbocycles. The molecule has 6 heteroatoms. The monoisotopic (exact) mass is 380 g/mol. The lowest BCUT2D eigenvalue weighted by Crippen LogP contribution is -2.12. The van der Waals surface area contributed by atoms with Crippen molar-refractivity contribution in [3.63, 3.8) is 0 Å². The van der Waals surface area contributed by atoms with Crippen molar-refractivity contribution < 1.29 is 28.6 Å². The second-order valence-corrected chi connectivity index (χ2v) is 6.07. The minimum absolute atomic E-state index is 0.0915. The molecule has 1 aliphatic heterocycles. The van der Waals surface area contributed by atoms with Crippen molar-refractivity contribution in [2.75, 3.05) is 7.11 Å². The third-order valence-corrected chi connectivity index (χ3v) is 4.42. The highest BCUT2D eigenvalue weighted by molar-refractivity contribution is 6.00. The van der Waals surface area contributed by atoms with Gasteiger partial charge in [-0.05, 0) is 35.4 Å². The van der Waals surface area contributed by atoms with E-state index in [1.807, 2.05) is 0 Å². The Hall–Kier alpha value is -3.67. The summed E-state index contributed by atoms with van der Waals surface area (Å²) in [6, 6.07) is 7.77. The number of methoxy groups -OCH3 is 1. The largest absolute Gasteiger partial charge is 0.488 e. The van der Waals surface area contributed by atoms with Crippen LogP contribution in [0.5, 0.6) is 5.75 Å². The highest BCUT2D eigenvalue weighted by Gasteiger charge is 2.25. The van der Waals surface area contributed by atoms with E-state index in [2.05, 4.69) is 13.2 Å². The molecular formula is C22H17FO5. The quantitative estimate of drug-likeness (QED) is 0.597. The standard InChI is InChI=1S/C22H17FO5/c1-4-5-15(12(2)23)17-10-20-18(9-19(17)22(26)27-3)16-7-6-13(21(24)25)8-14(16)11-28-20/h4-10H,1-2,11H2,3H3,(H,24,25)/b15-5+. The number of hydrogen-bond acceptors (Lipinski definition) is 4. The zero-order chi connectivity index (χ0) is 20.4. The van der Waals surface area contributed by atoms with Crippen LogP contribution in [0.15, 0.2) is 61.5 Å². The SMILES string of the molecule is C=C/C=C(\C(=C)F)c1cc2c(cc1C(=O)OC)-c1ccc(C(=O)O)cc1CO2. The van der Waals surface area contributed by atoms with Gasteiger partial charge in [0.25, 0.3) is 0 Å². The van der Waals surface area contributed by atoms with E-state index in [4.69, 9.17) is 9.47 Å². The lowest BCUT2D eigenvalue weighted by molar-refractivity contribution is 0.0599. The fourth-order valence-corrected chi connectivity index (χ4v) is 3.12. The normalized spacial score (nSPS) is 12.3. The first-order chi connectivity index (χ1) is 13.4. The molecule has 0 bridgehead atoms. The van der Waals surface area contributed by atoms with Crippen LogP contribution in [0.25, 0.3) is 16.7 Å². The molecule has 1 aliphatic rings. The van der Waals surface area contributed by atoms with Gasteiger partial charge in [0, 0.05) is 16.7 Å². The van der Waals surface area contributed by atoms with Gasteiger partial charge in [-0.2, -0.15) is 0 Å². The molecular weight excluding hydrogens is 363 g/mol. The highest BCUT2D eigenvalue weighted by atomic mass is 19.1. The fourth-order valence-electron chi connectivity index (χ4n) is 3.12. The highest BCUT2D eigenvalue weighted by Crippen LogP contribution is 2.42. The first-order valence-corrected chi connectivity index (χ1v) is 8.31. The van der Waals surface area contributed by atoms with E-state index < -0.39 is 17.8 Å². The number of fused-ring (bicyclic) bond motifs is 3. The van der Waals surface area contributed by atoms with Crippen molar-refractivity contribution in [1.29, 1.82) is 0 Å². The molecule has 1 heterocycles. The molecule has 142 valence electrons. The number of halogens is 1. The maximum absolute atomic E-state index is 14.0. The zero-order valence-corrected chi connectivity index (χ0v) is 15.1. The van der Waals surface area contributed by atoms with Gasteiger partial charge in [0.2, 0.25) is 0 Å². The minimum Gasteiger partial charge on any atom is -0.488 e. The van der Waals surface area contributed by atoms with Gasteiger partial charge in [-0.15, -0.1) is 0 Å². The van der Waals surface area contributed by atoms with E-state index in [1.54, 1.807) is 18.2 Å². The maximum Gasteiger partial charge on any atom is 0.338 e. The van der Waals surface area contributed by atoms with Gasteiger partial charge in [0.15, 0.2) is 0 Å². The van der Waals surface area contributed by atoms with Crippen LogP contribution in [0.1, 0.15) is 31.8 Å². The molecule has 3 rings (SSSR count). The number of carboxylic acids is 1. The van der Waals surface area contributed by atoms with E-state index in [1.165, 1.54) is 31.4 Å². The molecule has 0 radical (unpaired) electrons. The number of aromatic carboxylic acids is 1. The number of allylic oxidation sites excluding steroid dienone is 4. The average molecular weight is 380 g/mol. The lowest BCUT2D eigenvalue weighted by atomic mass is 9.89. The number of rotatable bonds is 5. The summed E-state index contributed by atoms with van der Waals surface area (Å²) in [5, 5.41) is 9.17. The molecule has 1 N–H and O–H groups in total. The fraction of sp³-hybridized carbons (Fsp3) is 0.0909. The van der Waals surface area contributed by atoms with Gasteiger partial charge in [-0.25, -0.2) is 14.0 Å². The Morgan fingerprint density at radius 2 is 1.96 bits per heavy atom. The van der Waals surface area contributed by atoms with Crippen molar-refractivity contribution in [3.8, 4) is 16.9 Å². The summed E-state index contributed by atoms with van der Waals surface area (Å²) < 4.78 is 24.6. The second-order valence-electron chi connectivity index (χ2n) is 6.07. The van der Waals surface area contributed by atoms with Crippen molar-refractivity contribution in [1.82, 2.24) is 0 Å². The first kappa shape index (κ1) is 19.1. The van der Waals surface area contributed by atoms with Gasteiger partial charge in [0.1, 0.15) is 18.2 Å². The van der Waals surface area contributed by atoms with E-state index >= 15 is 0 Å². The van der Waals surface area contributed by atoms with Crippen LogP contribution in [-0.2, 0) is 11.3 Å².